The van der Waals surface area contributed by atoms with Gasteiger partial charge in [-0.15, -0.1) is 0 Å². The summed E-state index contributed by atoms with van der Waals surface area (Å²) in [7, 11) is 0. The Kier molecular flexibility index (Phi) is 4.00. The van der Waals surface area contributed by atoms with E-state index in [1.165, 1.54) is 0 Å². The van der Waals surface area contributed by atoms with E-state index in [1.54, 1.807) is 0 Å². The molecule has 21 heavy (non-hydrogen) atoms. The molecule has 0 atom stereocenters. The maximum atomic E-state index is 13.8. The van der Waals surface area contributed by atoms with Gasteiger partial charge < -0.3 is 5.32 Å². The van der Waals surface area contributed by atoms with Crippen molar-refractivity contribution in [1.29, 1.82) is 0 Å². The molecule has 0 unspecified atom stereocenters. The third-order valence-corrected chi connectivity index (χ3v) is 4.27. The van der Waals surface area contributed by atoms with E-state index in [1.807, 2.05) is 13.8 Å². The molecule has 116 valence electrons. The summed E-state index contributed by atoms with van der Waals surface area (Å²) in [6, 6.07) is 2.73. The third kappa shape index (κ3) is 3.19. The third-order valence-electron chi connectivity index (χ3n) is 4.27. The van der Waals surface area contributed by atoms with Crippen LogP contribution in [0.15, 0.2) is 18.2 Å². The van der Waals surface area contributed by atoms with Gasteiger partial charge in [0.2, 0.25) is 0 Å². The molecule has 2 rings (SSSR count). The SMILES string of the molecule is CC(C)C1(CNC(=O)c2cccc(C(F)(F)F)c2F)CC1. The topological polar surface area (TPSA) is 29.1 Å². The first-order valence-electron chi connectivity index (χ1n) is 6.81. The van der Waals surface area contributed by atoms with Crippen LogP contribution in [0.5, 0.6) is 0 Å². The van der Waals surface area contributed by atoms with Crippen LogP contribution < -0.4 is 5.32 Å². The normalized spacial score (nSPS) is 16.9. The Morgan fingerprint density at radius 3 is 2.43 bits per heavy atom. The van der Waals surface area contributed by atoms with Crippen LogP contribution in [0.25, 0.3) is 0 Å². The van der Waals surface area contributed by atoms with Crippen molar-refractivity contribution < 1.29 is 22.4 Å². The number of carbonyl (C=O) groups excluding carboxylic acids is 1. The zero-order chi connectivity index (χ0) is 15.8. The number of alkyl halides is 3. The van der Waals surface area contributed by atoms with Gasteiger partial charge in [-0.2, -0.15) is 13.2 Å². The molecule has 0 spiro atoms. The highest BCUT2D eigenvalue weighted by Gasteiger charge is 2.45. The van der Waals surface area contributed by atoms with Crippen molar-refractivity contribution in [2.24, 2.45) is 11.3 Å². The second-order valence-electron chi connectivity index (χ2n) is 5.86. The van der Waals surface area contributed by atoms with Gasteiger partial charge >= 0.3 is 6.18 Å². The van der Waals surface area contributed by atoms with Gasteiger partial charge in [-0.25, -0.2) is 4.39 Å². The number of benzene rings is 1. The predicted octanol–water partition coefficient (Wildman–Crippen LogP) is 4.01. The average molecular weight is 303 g/mol. The molecule has 1 aliphatic rings. The first-order chi connectivity index (χ1) is 9.67. The first kappa shape index (κ1) is 15.8. The van der Waals surface area contributed by atoms with Crippen LogP contribution in [-0.4, -0.2) is 12.5 Å². The minimum Gasteiger partial charge on any atom is -0.351 e. The van der Waals surface area contributed by atoms with Gasteiger partial charge in [0, 0.05) is 6.54 Å². The Morgan fingerprint density at radius 2 is 1.95 bits per heavy atom. The molecule has 0 radical (unpaired) electrons. The van der Waals surface area contributed by atoms with Crippen molar-refractivity contribution in [3.63, 3.8) is 0 Å². The summed E-state index contributed by atoms with van der Waals surface area (Å²) in [5, 5.41) is 2.56. The van der Waals surface area contributed by atoms with E-state index in [0.717, 1.165) is 25.0 Å². The molecule has 2 nitrogen and oxygen atoms in total. The van der Waals surface area contributed by atoms with Gasteiger partial charge in [0.25, 0.3) is 5.91 Å². The van der Waals surface area contributed by atoms with Gasteiger partial charge in [-0.3, -0.25) is 4.79 Å². The smallest absolute Gasteiger partial charge is 0.351 e. The molecule has 0 aromatic heterocycles. The lowest BCUT2D eigenvalue weighted by atomic mass is 9.92. The maximum absolute atomic E-state index is 13.8. The summed E-state index contributed by atoms with van der Waals surface area (Å²) in [6.45, 7) is 4.42. The zero-order valence-corrected chi connectivity index (χ0v) is 11.9. The van der Waals surface area contributed by atoms with Crippen LogP contribution in [0, 0.1) is 17.2 Å². The number of hydrogen-bond donors (Lipinski definition) is 1. The molecule has 0 bridgehead atoms. The Morgan fingerprint density at radius 1 is 1.33 bits per heavy atom. The Hall–Kier alpha value is -1.59. The maximum Gasteiger partial charge on any atom is 0.419 e. The van der Waals surface area contributed by atoms with Crippen molar-refractivity contribution in [3.8, 4) is 0 Å². The minimum atomic E-state index is -4.81. The zero-order valence-electron chi connectivity index (χ0n) is 11.9. The van der Waals surface area contributed by atoms with E-state index in [0.29, 0.717) is 18.5 Å². The largest absolute Gasteiger partial charge is 0.419 e. The summed E-state index contributed by atoms with van der Waals surface area (Å²) in [5.74, 6) is -1.95. The molecule has 1 saturated carbocycles. The second-order valence-corrected chi connectivity index (χ2v) is 5.86. The lowest BCUT2D eigenvalue weighted by Crippen LogP contribution is -2.33. The predicted molar refractivity (Wildman–Crippen MR) is 70.2 cm³/mol. The van der Waals surface area contributed by atoms with Crippen LogP contribution in [0.3, 0.4) is 0 Å². The molecule has 0 aliphatic heterocycles. The van der Waals surface area contributed by atoms with Crippen LogP contribution >= 0.6 is 0 Å². The Balaban J connectivity index is 2.13. The molecule has 0 heterocycles. The summed E-state index contributed by atoms with van der Waals surface area (Å²) in [6.07, 6.45) is -2.87. The van der Waals surface area contributed by atoms with Crippen LogP contribution in [0.1, 0.15) is 42.6 Å². The molecule has 1 aromatic rings. The Labute approximate surface area is 120 Å². The van der Waals surface area contributed by atoms with Gasteiger partial charge in [0.05, 0.1) is 11.1 Å². The molecule has 1 aromatic carbocycles. The fourth-order valence-corrected chi connectivity index (χ4v) is 2.40. The number of halogens is 4. The molecule has 1 amide bonds. The van der Waals surface area contributed by atoms with Gasteiger partial charge in [0.15, 0.2) is 0 Å². The standard InChI is InChI=1S/C15H17F4NO/c1-9(2)14(6-7-14)8-20-13(21)10-4-3-5-11(12(10)16)15(17,18)19/h3-5,9H,6-8H2,1-2H3,(H,20,21). The second kappa shape index (κ2) is 5.31. The molecule has 1 N–H and O–H groups in total. The number of rotatable bonds is 4. The van der Waals surface area contributed by atoms with Crippen molar-refractivity contribution in [2.75, 3.05) is 6.54 Å². The average Bonchev–Trinajstić information content (AvgIpc) is 3.16. The van der Waals surface area contributed by atoms with E-state index in [9.17, 15) is 22.4 Å². The summed E-state index contributed by atoms with van der Waals surface area (Å²) >= 11 is 0. The van der Waals surface area contributed by atoms with Crippen molar-refractivity contribution in [2.45, 2.75) is 32.9 Å². The summed E-state index contributed by atoms with van der Waals surface area (Å²) < 4.78 is 51.7. The van der Waals surface area contributed by atoms with Gasteiger partial charge in [0.1, 0.15) is 5.82 Å². The van der Waals surface area contributed by atoms with Crippen molar-refractivity contribution in [1.82, 2.24) is 5.32 Å². The lowest BCUT2D eigenvalue weighted by molar-refractivity contribution is -0.140. The highest BCUT2D eigenvalue weighted by molar-refractivity contribution is 5.94. The summed E-state index contributed by atoms with van der Waals surface area (Å²) in [5.41, 5.74) is -1.97. The Bertz CT molecular complexity index is 547. The van der Waals surface area contributed by atoms with E-state index in [-0.39, 0.29) is 5.41 Å². The van der Waals surface area contributed by atoms with Crippen LogP contribution in [0.4, 0.5) is 17.6 Å². The van der Waals surface area contributed by atoms with Crippen molar-refractivity contribution >= 4 is 5.91 Å². The molecule has 1 fully saturated rings. The number of amides is 1. The fraction of sp³-hybridized carbons (Fsp3) is 0.533. The quantitative estimate of drug-likeness (QED) is 0.837. The first-order valence-corrected chi connectivity index (χ1v) is 6.81. The van der Waals surface area contributed by atoms with Gasteiger partial charge in [-0.05, 0) is 36.3 Å². The minimum absolute atomic E-state index is 0.00771. The monoisotopic (exact) mass is 303 g/mol. The summed E-state index contributed by atoms with van der Waals surface area (Å²) in [4.78, 5) is 11.9. The molecule has 6 heteroatoms. The fourth-order valence-electron chi connectivity index (χ4n) is 2.40. The van der Waals surface area contributed by atoms with Gasteiger partial charge in [-0.1, -0.05) is 19.9 Å². The molecular weight excluding hydrogens is 286 g/mol. The van der Waals surface area contributed by atoms with Crippen LogP contribution in [-0.2, 0) is 6.18 Å². The van der Waals surface area contributed by atoms with Crippen molar-refractivity contribution in [3.05, 3.63) is 35.1 Å². The lowest BCUT2D eigenvalue weighted by Gasteiger charge is -2.20. The van der Waals surface area contributed by atoms with E-state index in [2.05, 4.69) is 5.32 Å². The number of carbonyl (C=O) groups is 1. The molecule has 1 aliphatic carbocycles. The highest BCUT2D eigenvalue weighted by Crippen LogP contribution is 2.51. The highest BCUT2D eigenvalue weighted by atomic mass is 19.4. The molecule has 0 saturated heterocycles. The van der Waals surface area contributed by atoms with E-state index >= 15 is 0 Å². The van der Waals surface area contributed by atoms with E-state index < -0.39 is 29.0 Å². The molecular formula is C15H17F4NO. The van der Waals surface area contributed by atoms with Crippen LogP contribution in [0.2, 0.25) is 0 Å². The number of hydrogen-bond acceptors (Lipinski definition) is 1. The number of nitrogens with one attached hydrogen (secondary N) is 1. The van der Waals surface area contributed by atoms with E-state index in [4.69, 9.17) is 0 Å².